The van der Waals surface area contributed by atoms with Gasteiger partial charge >= 0.3 is 6.18 Å². The van der Waals surface area contributed by atoms with E-state index in [2.05, 4.69) is 0 Å². The number of hydrogen-bond acceptors (Lipinski definition) is 1. The van der Waals surface area contributed by atoms with Crippen LogP contribution in [0, 0.1) is 35.1 Å². The van der Waals surface area contributed by atoms with Gasteiger partial charge in [-0.25, -0.2) is 17.6 Å². The Morgan fingerprint density at radius 2 is 1.56 bits per heavy atom. The van der Waals surface area contributed by atoms with Crippen molar-refractivity contribution in [3.63, 3.8) is 0 Å². The lowest BCUT2D eigenvalue weighted by molar-refractivity contribution is -0.143. The van der Waals surface area contributed by atoms with Gasteiger partial charge in [0.25, 0.3) is 0 Å². The quantitative estimate of drug-likeness (QED) is 0.386. The van der Waals surface area contributed by atoms with Crippen LogP contribution >= 0.6 is 11.6 Å². The molecule has 0 radical (unpaired) electrons. The molecule has 2 saturated carbocycles. The first kappa shape index (κ1) is 21.6. The van der Waals surface area contributed by atoms with Crippen LogP contribution in [-0.2, 0) is 17.4 Å². The van der Waals surface area contributed by atoms with Crippen LogP contribution in [0.3, 0.4) is 0 Å². The van der Waals surface area contributed by atoms with E-state index in [9.17, 15) is 35.5 Å². The van der Waals surface area contributed by atoms with Crippen LogP contribution in [0.15, 0.2) is 12.1 Å². The molecule has 2 fully saturated rings. The average Bonchev–Trinajstić information content (AvgIpc) is 3.26. The van der Waals surface area contributed by atoms with E-state index in [0.29, 0.717) is 23.3 Å². The van der Waals surface area contributed by atoms with Crippen molar-refractivity contribution < 1.29 is 35.5 Å². The highest BCUT2D eigenvalue weighted by Gasteiger charge is 2.56. The fourth-order valence-electron chi connectivity index (χ4n) is 5.91. The van der Waals surface area contributed by atoms with Crippen molar-refractivity contribution in [1.29, 1.82) is 0 Å². The van der Waals surface area contributed by atoms with Crippen molar-refractivity contribution >= 4 is 23.2 Å². The van der Waals surface area contributed by atoms with Crippen LogP contribution in [0.2, 0.25) is 5.02 Å². The van der Waals surface area contributed by atoms with Gasteiger partial charge in [-0.3, -0.25) is 4.79 Å². The SMILES string of the molecule is O=C(Cc1c(Cl)ccc2c1[C@H]1[C@@H]3CC[C@@H](C3)[C@@H]21)Nc1c(F)c(F)c(C(F)(F)F)c(F)c1F. The highest BCUT2D eigenvalue weighted by molar-refractivity contribution is 6.31. The summed E-state index contributed by atoms with van der Waals surface area (Å²) in [6.07, 6.45) is -2.79. The zero-order valence-electron chi connectivity index (χ0n) is 16.2. The van der Waals surface area contributed by atoms with E-state index in [1.54, 1.807) is 11.4 Å². The Hall–Kier alpha value is -2.29. The van der Waals surface area contributed by atoms with E-state index in [-0.39, 0.29) is 10.9 Å². The molecule has 2 aromatic carbocycles. The lowest BCUT2D eigenvalue weighted by Crippen LogP contribution is -2.32. The average molecular weight is 478 g/mol. The van der Waals surface area contributed by atoms with Gasteiger partial charge in [-0.05, 0) is 65.7 Å². The van der Waals surface area contributed by atoms with Gasteiger partial charge in [-0.2, -0.15) is 13.2 Å². The summed E-state index contributed by atoms with van der Waals surface area (Å²) in [6.45, 7) is 0. The zero-order valence-corrected chi connectivity index (χ0v) is 17.0. The van der Waals surface area contributed by atoms with E-state index in [0.717, 1.165) is 30.4 Å². The molecule has 1 amide bonds. The monoisotopic (exact) mass is 477 g/mol. The highest BCUT2D eigenvalue weighted by Crippen LogP contribution is 2.68. The summed E-state index contributed by atoms with van der Waals surface area (Å²) < 4.78 is 94.1. The normalized spacial score (nSPS) is 25.4. The largest absolute Gasteiger partial charge is 0.422 e. The third-order valence-electron chi connectivity index (χ3n) is 7.09. The third-order valence-corrected chi connectivity index (χ3v) is 7.45. The highest BCUT2D eigenvalue weighted by atomic mass is 35.5. The lowest BCUT2D eigenvalue weighted by Gasteiger charge is -2.44. The second kappa shape index (κ2) is 7.10. The van der Waals surface area contributed by atoms with Gasteiger partial charge in [0, 0.05) is 5.02 Å². The van der Waals surface area contributed by atoms with Crippen molar-refractivity contribution in [3.8, 4) is 0 Å². The number of fused-ring (bicyclic) bond motifs is 8. The minimum atomic E-state index is -5.66. The summed E-state index contributed by atoms with van der Waals surface area (Å²) in [5.41, 5.74) is -1.83. The van der Waals surface area contributed by atoms with Crippen molar-refractivity contribution in [2.45, 2.75) is 43.7 Å². The maximum Gasteiger partial charge on any atom is 0.422 e. The molecule has 2 aromatic rings. The van der Waals surface area contributed by atoms with Crippen LogP contribution in [-0.4, -0.2) is 5.91 Å². The topological polar surface area (TPSA) is 29.1 Å². The Morgan fingerprint density at radius 3 is 2.16 bits per heavy atom. The standard InChI is InChI=1S/C22H15ClF7NO/c23-11-4-3-9-13-7-1-2-8(5-7)14(13)15(9)10(11)6-12(32)31-21-19(26)17(24)16(22(28,29)30)18(25)20(21)27/h3-4,7-8,13-14H,1-2,5-6H2,(H,31,32)/t7-,8+,13-,14-/m0/s1. The van der Waals surface area contributed by atoms with E-state index in [1.165, 1.54) is 0 Å². The van der Waals surface area contributed by atoms with Gasteiger partial charge in [0.15, 0.2) is 23.3 Å². The van der Waals surface area contributed by atoms with Gasteiger partial charge in [-0.1, -0.05) is 17.7 Å². The molecule has 10 heteroatoms. The summed E-state index contributed by atoms with van der Waals surface area (Å²) >= 11 is 6.29. The summed E-state index contributed by atoms with van der Waals surface area (Å²) in [7, 11) is 0. The Morgan fingerprint density at radius 1 is 0.969 bits per heavy atom. The number of benzene rings is 2. The Labute approximate surface area is 182 Å². The second-order valence-electron chi connectivity index (χ2n) is 8.64. The van der Waals surface area contributed by atoms with Gasteiger partial charge in [-0.15, -0.1) is 0 Å². The number of amides is 1. The number of carbonyl (C=O) groups excluding carboxylic acids is 1. The fourth-order valence-corrected chi connectivity index (χ4v) is 6.14. The smallest absolute Gasteiger partial charge is 0.321 e. The molecule has 1 N–H and O–H groups in total. The molecule has 2 bridgehead atoms. The first-order valence-corrected chi connectivity index (χ1v) is 10.4. The molecule has 4 atom stereocenters. The van der Waals surface area contributed by atoms with Crippen LogP contribution in [0.25, 0.3) is 0 Å². The maximum absolute atomic E-state index is 14.1. The predicted octanol–water partition coefficient (Wildman–Crippen LogP) is 6.71. The Bertz CT molecular complexity index is 1130. The molecule has 0 unspecified atom stereocenters. The number of alkyl halides is 3. The number of anilines is 1. The molecule has 0 aliphatic heterocycles. The van der Waals surface area contributed by atoms with Crippen molar-refractivity contribution in [3.05, 3.63) is 62.7 Å². The first-order valence-electron chi connectivity index (χ1n) is 10.0. The molecule has 3 aliphatic rings. The van der Waals surface area contributed by atoms with Crippen molar-refractivity contribution in [2.75, 3.05) is 5.32 Å². The van der Waals surface area contributed by atoms with E-state index in [4.69, 9.17) is 11.6 Å². The summed E-state index contributed by atoms with van der Waals surface area (Å²) in [5.74, 6) is -9.25. The minimum absolute atomic E-state index is 0.250. The molecule has 170 valence electrons. The van der Waals surface area contributed by atoms with E-state index >= 15 is 0 Å². The maximum atomic E-state index is 14.1. The number of rotatable bonds is 3. The molecule has 0 heterocycles. The molecule has 32 heavy (non-hydrogen) atoms. The second-order valence-corrected chi connectivity index (χ2v) is 9.05. The molecular weight excluding hydrogens is 463 g/mol. The van der Waals surface area contributed by atoms with Crippen LogP contribution in [0.1, 0.15) is 53.4 Å². The lowest BCUT2D eigenvalue weighted by atomic mass is 9.60. The van der Waals surface area contributed by atoms with Gasteiger partial charge in [0.05, 0.1) is 6.42 Å². The fraction of sp³-hybridized carbons (Fsp3) is 0.409. The summed E-state index contributed by atoms with van der Waals surface area (Å²) in [6, 6.07) is 3.53. The molecule has 3 aliphatic carbocycles. The number of carbonyl (C=O) groups is 1. The molecule has 5 rings (SSSR count). The van der Waals surface area contributed by atoms with E-state index in [1.807, 2.05) is 6.07 Å². The van der Waals surface area contributed by atoms with Crippen molar-refractivity contribution in [2.24, 2.45) is 11.8 Å². The summed E-state index contributed by atoms with van der Waals surface area (Å²) in [5, 5.41) is 1.95. The molecule has 0 aromatic heterocycles. The Balaban J connectivity index is 1.45. The van der Waals surface area contributed by atoms with Crippen LogP contribution in [0.4, 0.5) is 36.4 Å². The third kappa shape index (κ3) is 2.96. The van der Waals surface area contributed by atoms with Crippen LogP contribution in [0.5, 0.6) is 0 Å². The Kier molecular flexibility index (Phi) is 4.78. The first-order chi connectivity index (χ1) is 15.0. The minimum Gasteiger partial charge on any atom is -0.321 e. The molecule has 0 spiro atoms. The number of hydrogen-bond donors (Lipinski definition) is 1. The zero-order chi connectivity index (χ0) is 23.1. The number of nitrogens with one attached hydrogen (secondary N) is 1. The van der Waals surface area contributed by atoms with Crippen molar-refractivity contribution in [1.82, 2.24) is 0 Å². The van der Waals surface area contributed by atoms with Gasteiger partial charge in [0.1, 0.15) is 11.3 Å². The molecule has 2 nitrogen and oxygen atoms in total. The van der Waals surface area contributed by atoms with E-state index < -0.39 is 53.0 Å². The number of halogens is 8. The molecule has 0 saturated heterocycles. The predicted molar refractivity (Wildman–Crippen MR) is 101 cm³/mol. The molecular formula is C22H15ClF7NO. The van der Waals surface area contributed by atoms with Gasteiger partial charge < -0.3 is 5.32 Å². The van der Waals surface area contributed by atoms with Crippen LogP contribution < -0.4 is 5.32 Å². The summed E-state index contributed by atoms with van der Waals surface area (Å²) in [4.78, 5) is 12.5. The van der Waals surface area contributed by atoms with Gasteiger partial charge in [0.2, 0.25) is 5.91 Å².